The van der Waals surface area contributed by atoms with Crippen molar-refractivity contribution in [2.45, 2.75) is 57.3 Å². The third kappa shape index (κ3) is 6.85. The quantitative estimate of drug-likeness (QED) is 0.302. The summed E-state index contributed by atoms with van der Waals surface area (Å²) in [6, 6.07) is 4.94. The maximum absolute atomic E-state index is 13.3. The molecule has 202 valence electrons. The summed E-state index contributed by atoms with van der Waals surface area (Å²) < 4.78 is 51.6. The topological polar surface area (TPSA) is 126 Å². The van der Waals surface area contributed by atoms with Gasteiger partial charge in [-0.2, -0.15) is 23.1 Å². The second-order valence-electron chi connectivity index (χ2n) is 10.3. The van der Waals surface area contributed by atoms with Crippen LogP contribution in [-0.4, -0.2) is 56.9 Å². The molecule has 0 radical (unpaired) electrons. The van der Waals surface area contributed by atoms with Crippen LogP contribution >= 0.6 is 0 Å². The Hall–Kier alpha value is -2.57. The van der Waals surface area contributed by atoms with Gasteiger partial charge in [0.05, 0.1) is 11.1 Å². The number of nitrogens with zero attached hydrogens (tertiary/aromatic N) is 3. The molecule has 5 N–H and O–H groups in total. The van der Waals surface area contributed by atoms with Crippen LogP contribution in [-0.2, 0) is 17.4 Å². The molecule has 37 heavy (non-hydrogen) atoms. The number of rotatable bonds is 7. The lowest BCUT2D eigenvalue weighted by atomic mass is 9.81. The lowest BCUT2D eigenvalue weighted by Gasteiger charge is -2.39. The van der Waals surface area contributed by atoms with E-state index in [1.54, 1.807) is 0 Å². The minimum atomic E-state index is -4.48. The van der Waals surface area contributed by atoms with E-state index < -0.39 is 22.9 Å². The minimum Gasteiger partial charge on any atom is -0.616 e. The minimum absolute atomic E-state index is 0.0431. The van der Waals surface area contributed by atoms with Gasteiger partial charge in [0.25, 0.3) is 0 Å². The highest BCUT2D eigenvalue weighted by atomic mass is 32.2. The number of nitrogens with one attached hydrogen (secondary N) is 3. The zero-order chi connectivity index (χ0) is 26.8. The maximum Gasteiger partial charge on any atom is 0.416 e. The number of nitrogens with two attached hydrogens (primary N) is 1. The molecule has 4 rings (SSSR count). The lowest BCUT2D eigenvalue weighted by molar-refractivity contribution is -0.137. The van der Waals surface area contributed by atoms with Gasteiger partial charge in [0.1, 0.15) is 23.1 Å². The number of hydrogen-bond donors (Lipinski definition) is 4. The predicted molar refractivity (Wildman–Crippen MR) is 142 cm³/mol. The maximum atomic E-state index is 13.3. The summed E-state index contributed by atoms with van der Waals surface area (Å²) in [5.74, 6) is 2.67. The second kappa shape index (κ2) is 11.0. The van der Waals surface area contributed by atoms with Crippen LogP contribution in [0.1, 0.15) is 50.7 Å². The molecule has 3 heterocycles. The van der Waals surface area contributed by atoms with Gasteiger partial charge in [0, 0.05) is 49.4 Å². The molecule has 1 aromatic carbocycles. The fraction of sp³-hybridized carbons (Fsp3) is 0.560. The largest absolute Gasteiger partial charge is 0.616 e. The van der Waals surface area contributed by atoms with Crippen molar-refractivity contribution in [2.24, 2.45) is 11.7 Å². The van der Waals surface area contributed by atoms with E-state index in [1.165, 1.54) is 12.1 Å². The van der Waals surface area contributed by atoms with Crippen molar-refractivity contribution in [3.63, 3.8) is 0 Å². The van der Waals surface area contributed by atoms with Crippen LogP contribution in [0.2, 0.25) is 0 Å². The Morgan fingerprint density at radius 3 is 2.41 bits per heavy atom. The van der Waals surface area contributed by atoms with E-state index in [9.17, 15) is 17.7 Å². The van der Waals surface area contributed by atoms with Gasteiger partial charge < -0.3 is 31.2 Å². The molecule has 2 saturated heterocycles. The zero-order valence-corrected chi connectivity index (χ0v) is 21.9. The molecular weight excluding hydrogens is 503 g/mol. The zero-order valence-electron chi connectivity index (χ0n) is 21.1. The Kier molecular flexibility index (Phi) is 8.20. The van der Waals surface area contributed by atoms with E-state index in [2.05, 4.69) is 20.5 Å². The first-order chi connectivity index (χ1) is 17.4. The molecule has 2 aromatic rings. The molecule has 2 fully saturated rings. The number of anilines is 4. The van der Waals surface area contributed by atoms with E-state index in [0.29, 0.717) is 60.7 Å². The third-order valence-electron chi connectivity index (χ3n) is 7.09. The highest BCUT2D eigenvalue weighted by Crippen LogP contribution is 2.35. The van der Waals surface area contributed by atoms with Gasteiger partial charge in [-0.25, -0.2) is 0 Å². The molecule has 0 amide bonds. The van der Waals surface area contributed by atoms with Crippen molar-refractivity contribution in [1.29, 1.82) is 5.41 Å². The Morgan fingerprint density at radius 2 is 1.81 bits per heavy atom. The van der Waals surface area contributed by atoms with Crippen LogP contribution in [0.5, 0.6) is 0 Å². The molecule has 0 saturated carbocycles. The van der Waals surface area contributed by atoms with Crippen LogP contribution < -0.4 is 21.3 Å². The standard InChI is InChI=1S/C25H34F3N7OS/c1-24(2,30)16-6-10-35(11-7-16)22-20(15-29)21(31-19-5-3-4-17(14-19)25(26,27)28)33-23(34-22)32-18-8-12-37(36)13-9-18/h3-5,14-16,18,29H,6-13,30H2,1-2H3,(H2,31,32,33,34). The first kappa shape index (κ1) is 27.5. The average molecular weight is 538 g/mol. The number of halogens is 3. The number of piperidine rings is 1. The van der Waals surface area contributed by atoms with Crippen molar-refractivity contribution in [3.8, 4) is 0 Å². The summed E-state index contributed by atoms with van der Waals surface area (Å²) in [6.45, 7) is 5.43. The van der Waals surface area contributed by atoms with Gasteiger partial charge in [-0.05, 0) is 50.8 Å². The summed E-state index contributed by atoms with van der Waals surface area (Å²) in [6.07, 6.45) is -0.196. The smallest absolute Gasteiger partial charge is 0.416 e. The van der Waals surface area contributed by atoms with Gasteiger partial charge in [-0.15, -0.1) is 0 Å². The predicted octanol–water partition coefficient (Wildman–Crippen LogP) is 4.51. The molecule has 0 unspecified atom stereocenters. The highest BCUT2D eigenvalue weighted by molar-refractivity contribution is 7.91. The number of benzene rings is 1. The molecule has 8 nitrogen and oxygen atoms in total. The van der Waals surface area contributed by atoms with Crippen LogP contribution in [0.15, 0.2) is 24.3 Å². The van der Waals surface area contributed by atoms with Gasteiger partial charge >= 0.3 is 6.18 Å². The SMILES string of the molecule is CC(C)(N)C1CCN(c2nc(NC3CC[S+]([O-])CC3)nc(Nc3cccc(C(F)(F)F)c3)c2C=N)CC1. The highest BCUT2D eigenvalue weighted by Gasteiger charge is 2.32. The fourth-order valence-corrected chi connectivity index (χ4v) is 6.16. The molecule has 0 bridgehead atoms. The Labute approximate surface area is 218 Å². The number of hydrogen-bond acceptors (Lipinski definition) is 8. The van der Waals surface area contributed by atoms with Crippen LogP contribution in [0.4, 0.5) is 36.4 Å². The van der Waals surface area contributed by atoms with E-state index in [1.807, 2.05) is 13.8 Å². The second-order valence-corrected chi connectivity index (χ2v) is 12.0. The van der Waals surface area contributed by atoms with Crippen molar-refractivity contribution >= 4 is 40.7 Å². The monoisotopic (exact) mass is 537 g/mol. The number of alkyl halides is 3. The van der Waals surface area contributed by atoms with E-state index in [4.69, 9.17) is 16.1 Å². The molecule has 2 aliphatic rings. The average Bonchev–Trinajstić information content (AvgIpc) is 2.84. The molecule has 0 atom stereocenters. The number of aromatic nitrogens is 2. The summed E-state index contributed by atoms with van der Waals surface area (Å²) in [7, 11) is 0. The Bertz CT molecular complexity index is 1090. The summed E-state index contributed by atoms with van der Waals surface area (Å²) >= 11 is -0.817. The van der Waals surface area contributed by atoms with Gasteiger partial charge in [0.15, 0.2) is 0 Å². The summed E-state index contributed by atoms with van der Waals surface area (Å²) in [5.41, 5.74) is 5.88. The van der Waals surface area contributed by atoms with Crippen molar-refractivity contribution in [2.75, 3.05) is 40.1 Å². The Balaban J connectivity index is 1.67. The van der Waals surface area contributed by atoms with E-state index in [-0.39, 0.29) is 23.1 Å². The summed E-state index contributed by atoms with van der Waals surface area (Å²) in [5, 5.41) is 14.4. The Morgan fingerprint density at radius 1 is 1.14 bits per heavy atom. The molecule has 1 aromatic heterocycles. The van der Waals surface area contributed by atoms with Crippen molar-refractivity contribution < 1.29 is 17.7 Å². The van der Waals surface area contributed by atoms with E-state index in [0.717, 1.165) is 31.2 Å². The molecular formula is C25H34F3N7OS. The normalized spacial score (nSPS) is 21.5. The fourth-order valence-electron chi connectivity index (χ4n) is 4.86. The van der Waals surface area contributed by atoms with E-state index >= 15 is 0 Å². The van der Waals surface area contributed by atoms with Crippen molar-refractivity contribution in [1.82, 2.24) is 9.97 Å². The van der Waals surface area contributed by atoms with Crippen LogP contribution in [0.3, 0.4) is 0 Å². The van der Waals surface area contributed by atoms with Crippen LogP contribution in [0, 0.1) is 11.3 Å². The van der Waals surface area contributed by atoms with Gasteiger partial charge in [-0.1, -0.05) is 17.2 Å². The summed E-state index contributed by atoms with van der Waals surface area (Å²) in [4.78, 5) is 11.4. The van der Waals surface area contributed by atoms with Gasteiger partial charge in [-0.3, -0.25) is 0 Å². The van der Waals surface area contributed by atoms with Gasteiger partial charge in [0.2, 0.25) is 5.95 Å². The molecule has 12 heteroatoms. The van der Waals surface area contributed by atoms with Crippen LogP contribution in [0.25, 0.3) is 0 Å². The van der Waals surface area contributed by atoms with Crippen molar-refractivity contribution in [3.05, 3.63) is 35.4 Å². The first-order valence-corrected chi connectivity index (χ1v) is 13.9. The molecule has 2 aliphatic heterocycles. The molecule has 0 spiro atoms. The molecule has 0 aliphatic carbocycles. The first-order valence-electron chi connectivity index (χ1n) is 12.5. The lowest BCUT2D eigenvalue weighted by Crippen LogP contribution is -2.47. The third-order valence-corrected chi connectivity index (χ3v) is 8.47.